The molecule has 0 saturated carbocycles. The van der Waals surface area contributed by atoms with Crippen molar-refractivity contribution in [2.24, 2.45) is 0 Å². The van der Waals surface area contributed by atoms with Crippen molar-refractivity contribution in [1.29, 1.82) is 0 Å². The summed E-state index contributed by atoms with van der Waals surface area (Å²) >= 11 is 0. The molecule has 0 aromatic heterocycles. The highest BCUT2D eigenvalue weighted by molar-refractivity contribution is 5.89. The van der Waals surface area contributed by atoms with Crippen molar-refractivity contribution in [2.75, 3.05) is 40.4 Å². The van der Waals surface area contributed by atoms with Crippen molar-refractivity contribution in [3.8, 4) is 0 Å². The van der Waals surface area contributed by atoms with Gasteiger partial charge >= 0.3 is 11.9 Å². The Morgan fingerprint density at radius 1 is 0.821 bits per heavy atom. The van der Waals surface area contributed by atoms with Crippen LogP contribution in [0.3, 0.4) is 0 Å². The van der Waals surface area contributed by atoms with Crippen LogP contribution in [0.2, 0.25) is 0 Å². The standard InChI is InChI=1S/C23H38NO4/c1-4-5-6-7-8-9-10-14-18-27-22(25)20-24(2,3)17-19-28-23(26)21-15-12-11-13-16-21/h11-13,15-16H,4-10,14,17-20H2,1-3H3/q+1. The number of esters is 2. The maximum Gasteiger partial charge on any atom is 0.361 e. The SMILES string of the molecule is CCCCCCCCCCOC(=O)C[N+](C)(C)CCOC(=O)c1ccccc1. The first kappa shape index (κ1) is 24.2. The first-order chi connectivity index (χ1) is 13.4. The number of hydrogen-bond acceptors (Lipinski definition) is 4. The zero-order valence-corrected chi connectivity index (χ0v) is 18.0. The number of unbranched alkanes of at least 4 members (excludes halogenated alkanes) is 7. The van der Waals surface area contributed by atoms with Crippen LogP contribution in [-0.4, -0.2) is 56.8 Å². The molecule has 0 N–H and O–H groups in total. The lowest BCUT2D eigenvalue weighted by atomic mass is 10.1. The quantitative estimate of drug-likeness (QED) is 0.249. The molecule has 0 unspecified atom stereocenters. The summed E-state index contributed by atoms with van der Waals surface area (Å²) in [5, 5.41) is 0. The molecule has 158 valence electrons. The molecule has 0 aliphatic carbocycles. The Bertz CT molecular complexity index is 557. The summed E-state index contributed by atoms with van der Waals surface area (Å²) in [4.78, 5) is 24.0. The summed E-state index contributed by atoms with van der Waals surface area (Å²) in [6, 6.07) is 8.92. The van der Waals surface area contributed by atoms with E-state index in [-0.39, 0.29) is 25.1 Å². The zero-order chi connectivity index (χ0) is 20.7. The molecule has 0 radical (unpaired) electrons. The van der Waals surface area contributed by atoms with Crippen molar-refractivity contribution < 1.29 is 23.5 Å². The molecular formula is C23H38NO4+. The molecule has 0 aliphatic heterocycles. The maximum absolute atomic E-state index is 12.0. The van der Waals surface area contributed by atoms with Gasteiger partial charge < -0.3 is 14.0 Å². The van der Waals surface area contributed by atoms with Crippen molar-refractivity contribution >= 4 is 11.9 Å². The van der Waals surface area contributed by atoms with Crippen molar-refractivity contribution in [3.05, 3.63) is 35.9 Å². The Morgan fingerprint density at radius 2 is 1.43 bits per heavy atom. The van der Waals surface area contributed by atoms with E-state index in [1.165, 1.54) is 38.5 Å². The topological polar surface area (TPSA) is 52.6 Å². The molecule has 0 saturated heterocycles. The van der Waals surface area contributed by atoms with Gasteiger partial charge in [-0.25, -0.2) is 9.59 Å². The van der Waals surface area contributed by atoms with E-state index in [2.05, 4.69) is 6.92 Å². The summed E-state index contributed by atoms with van der Waals surface area (Å²) in [6.07, 6.45) is 9.80. The van der Waals surface area contributed by atoms with Crippen LogP contribution < -0.4 is 0 Å². The van der Waals surface area contributed by atoms with E-state index < -0.39 is 0 Å². The smallest absolute Gasteiger partial charge is 0.361 e. The van der Waals surface area contributed by atoms with Crippen LogP contribution in [0.15, 0.2) is 30.3 Å². The molecule has 5 heteroatoms. The van der Waals surface area contributed by atoms with Gasteiger partial charge in [0.1, 0.15) is 13.2 Å². The molecule has 0 bridgehead atoms. The number of quaternary nitrogens is 1. The van der Waals surface area contributed by atoms with E-state index in [9.17, 15) is 9.59 Å². The molecule has 0 spiro atoms. The molecule has 0 atom stereocenters. The average molecular weight is 393 g/mol. The number of rotatable bonds is 15. The van der Waals surface area contributed by atoms with E-state index in [0.29, 0.717) is 23.2 Å². The molecule has 1 aromatic carbocycles. The lowest BCUT2D eigenvalue weighted by Crippen LogP contribution is -2.46. The van der Waals surface area contributed by atoms with Crippen molar-refractivity contribution in [3.63, 3.8) is 0 Å². The first-order valence-electron chi connectivity index (χ1n) is 10.6. The molecule has 1 rings (SSSR count). The second-order valence-corrected chi connectivity index (χ2v) is 8.01. The third-order valence-electron chi connectivity index (χ3n) is 4.76. The summed E-state index contributed by atoms with van der Waals surface area (Å²) in [5.74, 6) is -0.528. The van der Waals surface area contributed by atoms with Gasteiger partial charge in [0.15, 0.2) is 6.54 Å². The van der Waals surface area contributed by atoms with Gasteiger partial charge in [0, 0.05) is 0 Å². The Hall–Kier alpha value is -1.88. The van der Waals surface area contributed by atoms with Gasteiger partial charge in [0.25, 0.3) is 0 Å². The molecule has 0 fully saturated rings. The Labute approximate surface area is 170 Å². The predicted molar refractivity (Wildman–Crippen MR) is 112 cm³/mol. The Kier molecular flexibility index (Phi) is 12.2. The van der Waals surface area contributed by atoms with E-state index in [0.717, 1.165) is 12.8 Å². The highest BCUT2D eigenvalue weighted by Crippen LogP contribution is 2.08. The normalized spacial score (nSPS) is 11.2. The van der Waals surface area contributed by atoms with E-state index in [4.69, 9.17) is 9.47 Å². The van der Waals surface area contributed by atoms with Crippen molar-refractivity contribution in [2.45, 2.75) is 58.3 Å². The number of likely N-dealkylation sites (N-methyl/N-ethyl adjacent to an activating group) is 1. The average Bonchev–Trinajstić information content (AvgIpc) is 2.66. The number of carbonyl (C=O) groups is 2. The van der Waals surface area contributed by atoms with Crippen LogP contribution >= 0.6 is 0 Å². The van der Waals surface area contributed by atoms with E-state index in [1.54, 1.807) is 24.3 Å². The summed E-state index contributed by atoms with van der Waals surface area (Å²) in [5.41, 5.74) is 0.539. The van der Waals surface area contributed by atoms with E-state index in [1.807, 2.05) is 20.2 Å². The molecule has 5 nitrogen and oxygen atoms in total. The van der Waals surface area contributed by atoms with E-state index >= 15 is 0 Å². The van der Waals surface area contributed by atoms with Gasteiger partial charge in [-0.15, -0.1) is 0 Å². The summed E-state index contributed by atoms with van der Waals surface area (Å²) in [6.45, 7) is 3.83. The molecule has 0 amide bonds. The van der Waals surface area contributed by atoms with Crippen LogP contribution in [0.1, 0.15) is 68.6 Å². The number of benzene rings is 1. The van der Waals surface area contributed by atoms with Crippen molar-refractivity contribution in [1.82, 2.24) is 0 Å². The minimum Gasteiger partial charge on any atom is -0.462 e. The minimum atomic E-state index is -0.335. The van der Waals surface area contributed by atoms with Crippen LogP contribution in [0.5, 0.6) is 0 Å². The van der Waals surface area contributed by atoms with Gasteiger partial charge in [0.05, 0.1) is 26.3 Å². The largest absolute Gasteiger partial charge is 0.462 e. The first-order valence-corrected chi connectivity index (χ1v) is 10.6. The van der Waals surface area contributed by atoms with Crippen LogP contribution in [0.4, 0.5) is 0 Å². The fourth-order valence-electron chi connectivity index (χ4n) is 2.94. The third kappa shape index (κ3) is 11.8. The molecule has 0 heterocycles. The fourth-order valence-corrected chi connectivity index (χ4v) is 2.94. The number of ether oxygens (including phenoxy) is 2. The van der Waals surface area contributed by atoms with Gasteiger partial charge in [-0.1, -0.05) is 70.1 Å². The summed E-state index contributed by atoms with van der Waals surface area (Å²) < 4.78 is 11.1. The van der Waals surface area contributed by atoms with Gasteiger partial charge in [-0.3, -0.25) is 0 Å². The third-order valence-corrected chi connectivity index (χ3v) is 4.76. The molecule has 1 aromatic rings. The Morgan fingerprint density at radius 3 is 2.07 bits per heavy atom. The molecule has 28 heavy (non-hydrogen) atoms. The highest BCUT2D eigenvalue weighted by Gasteiger charge is 2.21. The number of hydrogen-bond donors (Lipinski definition) is 0. The summed E-state index contributed by atoms with van der Waals surface area (Å²) in [7, 11) is 3.88. The monoisotopic (exact) mass is 392 g/mol. The number of nitrogens with zero attached hydrogens (tertiary/aromatic N) is 1. The minimum absolute atomic E-state index is 0.192. The van der Waals surface area contributed by atoms with Gasteiger partial charge in [0.2, 0.25) is 0 Å². The lowest BCUT2D eigenvalue weighted by Gasteiger charge is -2.28. The second-order valence-electron chi connectivity index (χ2n) is 8.01. The maximum atomic E-state index is 12.0. The molecular weight excluding hydrogens is 354 g/mol. The fraction of sp³-hybridized carbons (Fsp3) is 0.652. The highest BCUT2D eigenvalue weighted by atomic mass is 16.5. The molecule has 0 aliphatic rings. The second kappa shape index (κ2) is 14.2. The van der Waals surface area contributed by atoms with Gasteiger partial charge in [-0.05, 0) is 18.6 Å². The van der Waals surface area contributed by atoms with Crippen LogP contribution in [-0.2, 0) is 14.3 Å². The van der Waals surface area contributed by atoms with Gasteiger partial charge in [-0.2, -0.15) is 0 Å². The van der Waals surface area contributed by atoms with Crippen LogP contribution in [0, 0.1) is 0 Å². The Balaban J connectivity index is 2.09. The predicted octanol–water partition coefficient (Wildman–Crippen LogP) is 4.60. The lowest BCUT2D eigenvalue weighted by molar-refractivity contribution is -0.883. The zero-order valence-electron chi connectivity index (χ0n) is 18.0. The van der Waals surface area contributed by atoms with Crippen LogP contribution in [0.25, 0.3) is 0 Å². The number of carbonyl (C=O) groups excluding carboxylic acids is 2.